The maximum Gasteiger partial charge on any atom is 0.245 e. The van der Waals surface area contributed by atoms with Crippen LogP contribution in [0.1, 0.15) is 19.3 Å². The average molecular weight is 265 g/mol. The van der Waals surface area contributed by atoms with E-state index in [0.717, 1.165) is 32.4 Å². The molecule has 1 amide bonds. The molecule has 2 fully saturated rings. The number of amides is 1. The lowest BCUT2D eigenvalue weighted by molar-refractivity contribution is -0.134. The standard InChI is InChI=1S/C11H19N7O/c1-16-5-4-8-2-3-9(6-16)18(8)10(19)7-17-11(12)13-14-15-17/h8-9H,2-7H2,1H3,(H2,12,13,15)/t8-,9+/m1/s1. The molecule has 19 heavy (non-hydrogen) atoms. The zero-order valence-electron chi connectivity index (χ0n) is 11.1. The van der Waals surface area contributed by atoms with Crippen LogP contribution in [0.15, 0.2) is 0 Å². The third kappa shape index (κ3) is 2.27. The quantitative estimate of drug-likeness (QED) is 0.733. The number of likely N-dealkylation sites (N-methyl/N-ethyl adjacent to an activating group) is 1. The molecule has 1 aromatic heterocycles. The van der Waals surface area contributed by atoms with Crippen LogP contribution in [0.3, 0.4) is 0 Å². The fourth-order valence-corrected chi connectivity index (χ4v) is 3.19. The van der Waals surface area contributed by atoms with Crippen molar-refractivity contribution in [1.29, 1.82) is 0 Å². The third-order valence-corrected chi connectivity index (χ3v) is 4.12. The van der Waals surface area contributed by atoms with Crippen LogP contribution in [0.25, 0.3) is 0 Å². The molecular weight excluding hydrogens is 246 g/mol. The summed E-state index contributed by atoms with van der Waals surface area (Å²) in [5.74, 6) is 0.259. The van der Waals surface area contributed by atoms with E-state index in [9.17, 15) is 4.79 Å². The molecule has 2 bridgehead atoms. The van der Waals surface area contributed by atoms with Gasteiger partial charge in [-0.15, -0.1) is 0 Å². The predicted molar refractivity (Wildman–Crippen MR) is 68.0 cm³/mol. The minimum atomic E-state index is 0.0711. The van der Waals surface area contributed by atoms with Crippen LogP contribution in [-0.4, -0.2) is 68.1 Å². The van der Waals surface area contributed by atoms with Gasteiger partial charge in [0.1, 0.15) is 6.54 Å². The molecule has 0 unspecified atom stereocenters. The number of rotatable bonds is 2. The number of fused-ring (bicyclic) bond motifs is 2. The van der Waals surface area contributed by atoms with E-state index in [4.69, 9.17) is 5.73 Å². The second-order valence-electron chi connectivity index (χ2n) is 5.43. The van der Waals surface area contributed by atoms with Crippen LogP contribution in [-0.2, 0) is 11.3 Å². The summed E-state index contributed by atoms with van der Waals surface area (Å²) in [5, 5.41) is 10.8. The largest absolute Gasteiger partial charge is 0.367 e. The Kier molecular flexibility index (Phi) is 3.09. The van der Waals surface area contributed by atoms with Gasteiger partial charge in [-0.25, -0.2) is 4.68 Å². The minimum Gasteiger partial charge on any atom is -0.367 e. The highest BCUT2D eigenvalue weighted by atomic mass is 16.2. The van der Waals surface area contributed by atoms with E-state index < -0.39 is 0 Å². The first kappa shape index (κ1) is 12.3. The normalized spacial score (nSPS) is 27.5. The Hall–Kier alpha value is -1.70. The van der Waals surface area contributed by atoms with Gasteiger partial charge in [0.15, 0.2) is 0 Å². The molecule has 8 nitrogen and oxygen atoms in total. The number of nitrogen functional groups attached to an aromatic ring is 1. The fourth-order valence-electron chi connectivity index (χ4n) is 3.19. The van der Waals surface area contributed by atoms with Gasteiger partial charge in [0.25, 0.3) is 0 Å². The van der Waals surface area contributed by atoms with Crippen LogP contribution >= 0.6 is 0 Å². The van der Waals surface area contributed by atoms with Crippen molar-refractivity contribution in [3.05, 3.63) is 0 Å². The zero-order chi connectivity index (χ0) is 13.4. The summed E-state index contributed by atoms with van der Waals surface area (Å²) in [7, 11) is 2.11. The van der Waals surface area contributed by atoms with Crippen molar-refractivity contribution in [2.45, 2.75) is 37.9 Å². The van der Waals surface area contributed by atoms with Crippen molar-refractivity contribution >= 4 is 11.9 Å². The molecule has 0 aliphatic carbocycles. The molecule has 2 atom stereocenters. The predicted octanol–water partition coefficient (Wildman–Crippen LogP) is -1.05. The third-order valence-electron chi connectivity index (χ3n) is 4.12. The molecule has 0 saturated carbocycles. The Morgan fingerprint density at radius 3 is 2.89 bits per heavy atom. The smallest absolute Gasteiger partial charge is 0.245 e. The van der Waals surface area contributed by atoms with Gasteiger partial charge in [-0.05, 0) is 43.3 Å². The Bertz CT molecular complexity index is 473. The second-order valence-corrected chi connectivity index (χ2v) is 5.43. The maximum absolute atomic E-state index is 12.5. The molecule has 8 heteroatoms. The van der Waals surface area contributed by atoms with E-state index in [0.29, 0.717) is 12.1 Å². The molecule has 0 radical (unpaired) electrons. The van der Waals surface area contributed by atoms with Crippen molar-refractivity contribution in [3.63, 3.8) is 0 Å². The van der Waals surface area contributed by atoms with Gasteiger partial charge < -0.3 is 15.5 Å². The second kappa shape index (κ2) is 4.76. The molecule has 2 N–H and O–H groups in total. The molecule has 0 spiro atoms. The van der Waals surface area contributed by atoms with Crippen molar-refractivity contribution in [2.24, 2.45) is 0 Å². The number of hydrogen-bond donors (Lipinski definition) is 1. The van der Waals surface area contributed by atoms with Crippen molar-refractivity contribution in [2.75, 3.05) is 25.9 Å². The summed E-state index contributed by atoms with van der Waals surface area (Å²) in [4.78, 5) is 16.8. The lowest BCUT2D eigenvalue weighted by Gasteiger charge is -2.28. The minimum absolute atomic E-state index is 0.0711. The molecule has 2 aliphatic rings. The molecule has 104 valence electrons. The number of carbonyl (C=O) groups is 1. The van der Waals surface area contributed by atoms with E-state index in [1.54, 1.807) is 0 Å². The van der Waals surface area contributed by atoms with E-state index in [1.165, 1.54) is 4.68 Å². The molecule has 3 heterocycles. The molecule has 0 aromatic carbocycles. The highest BCUT2D eigenvalue weighted by Gasteiger charge is 2.39. The summed E-state index contributed by atoms with van der Waals surface area (Å²) in [6.07, 6.45) is 3.24. The first-order valence-electron chi connectivity index (χ1n) is 6.66. The van der Waals surface area contributed by atoms with Crippen LogP contribution < -0.4 is 5.73 Å². The first-order valence-corrected chi connectivity index (χ1v) is 6.66. The molecule has 3 rings (SSSR count). The highest BCUT2D eigenvalue weighted by molar-refractivity contribution is 5.77. The van der Waals surface area contributed by atoms with Gasteiger partial charge in [-0.1, -0.05) is 5.10 Å². The Balaban J connectivity index is 1.74. The van der Waals surface area contributed by atoms with Crippen LogP contribution in [0.5, 0.6) is 0 Å². The van der Waals surface area contributed by atoms with Crippen LogP contribution in [0.2, 0.25) is 0 Å². The Morgan fingerprint density at radius 2 is 2.16 bits per heavy atom. The number of aromatic nitrogens is 4. The molecule has 1 aromatic rings. The fraction of sp³-hybridized carbons (Fsp3) is 0.818. The van der Waals surface area contributed by atoms with Gasteiger partial charge in [0.2, 0.25) is 11.9 Å². The summed E-state index contributed by atoms with van der Waals surface area (Å²) >= 11 is 0. The number of anilines is 1. The summed E-state index contributed by atoms with van der Waals surface area (Å²) < 4.78 is 1.36. The average Bonchev–Trinajstić information content (AvgIpc) is 2.88. The van der Waals surface area contributed by atoms with E-state index in [2.05, 4.69) is 27.5 Å². The zero-order valence-corrected chi connectivity index (χ0v) is 11.1. The number of nitrogens with zero attached hydrogens (tertiary/aromatic N) is 6. The van der Waals surface area contributed by atoms with Gasteiger partial charge in [-0.3, -0.25) is 4.79 Å². The number of tetrazole rings is 1. The van der Waals surface area contributed by atoms with Gasteiger partial charge in [-0.2, -0.15) is 0 Å². The van der Waals surface area contributed by atoms with Crippen molar-refractivity contribution in [1.82, 2.24) is 30.0 Å². The summed E-state index contributed by atoms with van der Waals surface area (Å²) in [6, 6.07) is 0.683. The van der Waals surface area contributed by atoms with E-state index in [-0.39, 0.29) is 18.4 Å². The van der Waals surface area contributed by atoms with Crippen molar-refractivity contribution in [3.8, 4) is 0 Å². The van der Waals surface area contributed by atoms with E-state index in [1.807, 2.05) is 4.90 Å². The topological polar surface area (TPSA) is 93.2 Å². The Morgan fingerprint density at radius 1 is 1.37 bits per heavy atom. The molecular formula is C11H19N7O. The molecule has 2 saturated heterocycles. The van der Waals surface area contributed by atoms with Gasteiger partial charge in [0.05, 0.1) is 0 Å². The van der Waals surface area contributed by atoms with Gasteiger partial charge in [0, 0.05) is 18.6 Å². The number of carbonyl (C=O) groups excluding carboxylic acids is 1. The number of nitrogens with two attached hydrogens (primary N) is 1. The highest BCUT2D eigenvalue weighted by Crippen LogP contribution is 2.30. The SMILES string of the molecule is CN1CC[C@H]2CC[C@@H](C1)N2C(=O)Cn1nnnc1N. The summed E-state index contributed by atoms with van der Waals surface area (Å²) in [5.41, 5.74) is 5.60. The first-order chi connectivity index (χ1) is 9.15. The van der Waals surface area contributed by atoms with E-state index >= 15 is 0 Å². The lowest BCUT2D eigenvalue weighted by Crippen LogP contribution is -2.44. The maximum atomic E-state index is 12.5. The number of hydrogen-bond acceptors (Lipinski definition) is 6. The van der Waals surface area contributed by atoms with Crippen LogP contribution in [0.4, 0.5) is 5.95 Å². The number of likely N-dealkylation sites (tertiary alicyclic amines) is 1. The van der Waals surface area contributed by atoms with Crippen molar-refractivity contribution < 1.29 is 4.79 Å². The monoisotopic (exact) mass is 265 g/mol. The van der Waals surface area contributed by atoms with Crippen LogP contribution in [0, 0.1) is 0 Å². The van der Waals surface area contributed by atoms with Gasteiger partial charge >= 0.3 is 0 Å². The summed E-state index contributed by atoms with van der Waals surface area (Å²) in [6.45, 7) is 2.14. The lowest BCUT2D eigenvalue weighted by atomic mass is 10.1. The molecule has 2 aliphatic heterocycles. The Labute approximate surface area is 111 Å².